The highest BCUT2D eigenvalue weighted by atomic mass is 79.9. The first-order valence-electron chi connectivity index (χ1n) is 6.14. The molecule has 1 aromatic rings. The highest BCUT2D eigenvalue weighted by molar-refractivity contribution is 9.10. The maximum Gasteiger partial charge on any atom is 0.306 e. The van der Waals surface area contributed by atoms with Crippen LogP contribution in [0.4, 0.5) is 0 Å². The second-order valence-corrected chi connectivity index (χ2v) is 5.33. The molecule has 0 saturated carbocycles. The first-order chi connectivity index (χ1) is 10.4. The molecule has 2 amide bonds. The van der Waals surface area contributed by atoms with E-state index in [1.54, 1.807) is 18.2 Å². The lowest BCUT2D eigenvalue weighted by Crippen LogP contribution is -2.43. The molecule has 0 aliphatic carbocycles. The Morgan fingerprint density at radius 3 is 2.50 bits per heavy atom. The number of carbonyl (C=O) groups excluding carboxylic acids is 3. The van der Waals surface area contributed by atoms with Crippen LogP contribution in [-0.4, -0.2) is 31.5 Å². The third-order valence-electron chi connectivity index (χ3n) is 2.38. The third kappa shape index (κ3) is 6.77. The molecule has 22 heavy (non-hydrogen) atoms. The Balaban J connectivity index is 2.28. The van der Waals surface area contributed by atoms with Gasteiger partial charge in [-0.25, -0.2) is 0 Å². The van der Waals surface area contributed by atoms with Crippen molar-refractivity contribution in [3.63, 3.8) is 0 Å². The van der Waals surface area contributed by atoms with E-state index in [-0.39, 0.29) is 19.4 Å². The van der Waals surface area contributed by atoms with Gasteiger partial charge in [-0.3, -0.25) is 25.2 Å². The van der Waals surface area contributed by atoms with Crippen LogP contribution >= 0.6 is 27.5 Å². The molecule has 0 atom stereocenters. The number of hydrazine groups is 1. The molecular formula is C13H14BrClN2O5. The van der Waals surface area contributed by atoms with Crippen LogP contribution in [0.3, 0.4) is 0 Å². The van der Waals surface area contributed by atoms with Crippen molar-refractivity contribution < 1.29 is 23.9 Å². The molecule has 0 aromatic heterocycles. The van der Waals surface area contributed by atoms with Crippen LogP contribution < -0.4 is 15.6 Å². The number of esters is 1. The molecule has 0 unspecified atom stereocenters. The van der Waals surface area contributed by atoms with Crippen molar-refractivity contribution in [1.29, 1.82) is 0 Å². The molecule has 9 heteroatoms. The summed E-state index contributed by atoms with van der Waals surface area (Å²) in [6, 6.07) is 4.85. The van der Waals surface area contributed by atoms with Crippen LogP contribution in [0.25, 0.3) is 0 Å². The molecule has 0 aliphatic rings. The van der Waals surface area contributed by atoms with Crippen molar-refractivity contribution in [2.45, 2.75) is 12.8 Å². The van der Waals surface area contributed by atoms with E-state index in [9.17, 15) is 14.4 Å². The van der Waals surface area contributed by atoms with Crippen molar-refractivity contribution in [2.24, 2.45) is 0 Å². The minimum atomic E-state index is -0.548. The summed E-state index contributed by atoms with van der Waals surface area (Å²) in [5.41, 5.74) is 4.33. The number of hydrogen-bond donors (Lipinski definition) is 2. The fourth-order valence-corrected chi connectivity index (χ4v) is 2.09. The summed E-state index contributed by atoms with van der Waals surface area (Å²) < 4.78 is 10.3. The molecule has 1 rings (SSSR count). The van der Waals surface area contributed by atoms with Gasteiger partial charge in [0, 0.05) is 11.4 Å². The Bertz CT molecular complexity index is 567. The smallest absolute Gasteiger partial charge is 0.306 e. The summed E-state index contributed by atoms with van der Waals surface area (Å²) >= 11 is 9.03. The van der Waals surface area contributed by atoms with Gasteiger partial charge in [0.1, 0.15) is 5.75 Å². The van der Waals surface area contributed by atoms with Gasteiger partial charge in [-0.15, -0.1) is 0 Å². The van der Waals surface area contributed by atoms with Crippen molar-refractivity contribution in [1.82, 2.24) is 10.9 Å². The Labute approximate surface area is 140 Å². The van der Waals surface area contributed by atoms with E-state index in [2.05, 4.69) is 31.5 Å². The van der Waals surface area contributed by atoms with Gasteiger partial charge in [0.05, 0.1) is 18.0 Å². The lowest BCUT2D eigenvalue weighted by atomic mass is 10.3. The predicted molar refractivity (Wildman–Crippen MR) is 82.2 cm³/mol. The normalized spacial score (nSPS) is 9.77. The van der Waals surface area contributed by atoms with Crippen molar-refractivity contribution in [2.75, 3.05) is 13.7 Å². The quantitative estimate of drug-likeness (QED) is 0.565. The van der Waals surface area contributed by atoms with Crippen LogP contribution in [0.1, 0.15) is 12.8 Å². The zero-order valence-electron chi connectivity index (χ0n) is 11.7. The Kier molecular flexibility index (Phi) is 7.69. The Morgan fingerprint density at radius 1 is 1.18 bits per heavy atom. The van der Waals surface area contributed by atoms with Crippen LogP contribution in [0.5, 0.6) is 5.75 Å². The minimum Gasteiger partial charge on any atom is -0.483 e. The van der Waals surface area contributed by atoms with E-state index >= 15 is 0 Å². The number of hydrogen-bond acceptors (Lipinski definition) is 5. The van der Waals surface area contributed by atoms with E-state index in [4.69, 9.17) is 16.3 Å². The van der Waals surface area contributed by atoms with Crippen molar-refractivity contribution >= 4 is 45.3 Å². The molecule has 0 saturated heterocycles. The van der Waals surface area contributed by atoms with Gasteiger partial charge < -0.3 is 9.47 Å². The van der Waals surface area contributed by atoms with E-state index in [0.717, 1.165) is 0 Å². The fourth-order valence-electron chi connectivity index (χ4n) is 1.29. The number of rotatable bonds is 6. The van der Waals surface area contributed by atoms with Crippen LogP contribution in [-0.2, 0) is 19.1 Å². The van der Waals surface area contributed by atoms with Gasteiger partial charge >= 0.3 is 5.97 Å². The number of methoxy groups -OCH3 is 1. The fraction of sp³-hybridized carbons (Fsp3) is 0.308. The number of benzene rings is 1. The minimum absolute atomic E-state index is 0.0631. The lowest BCUT2D eigenvalue weighted by Gasteiger charge is -2.09. The molecule has 0 bridgehead atoms. The topological polar surface area (TPSA) is 93.7 Å². The summed E-state index contributed by atoms with van der Waals surface area (Å²) in [6.45, 7) is -0.294. The number of nitrogens with one attached hydrogen (secondary N) is 2. The van der Waals surface area contributed by atoms with Gasteiger partial charge in [0.2, 0.25) is 5.91 Å². The monoisotopic (exact) mass is 392 g/mol. The molecule has 0 spiro atoms. The van der Waals surface area contributed by atoms with Crippen molar-refractivity contribution in [3.05, 3.63) is 27.7 Å². The summed E-state index contributed by atoms with van der Waals surface area (Å²) in [4.78, 5) is 33.7. The molecular weight excluding hydrogens is 380 g/mol. The maximum atomic E-state index is 11.5. The largest absolute Gasteiger partial charge is 0.483 e. The van der Waals surface area contributed by atoms with E-state index in [1.165, 1.54) is 7.11 Å². The molecule has 0 fully saturated rings. The van der Waals surface area contributed by atoms with E-state index in [0.29, 0.717) is 15.2 Å². The van der Waals surface area contributed by atoms with E-state index < -0.39 is 17.8 Å². The van der Waals surface area contributed by atoms with Gasteiger partial charge in [-0.05, 0) is 34.1 Å². The third-order valence-corrected chi connectivity index (χ3v) is 3.23. The second kappa shape index (κ2) is 9.26. The van der Waals surface area contributed by atoms with E-state index in [1.807, 2.05) is 0 Å². The predicted octanol–water partition coefficient (Wildman–Crippen LogP) is 1.58. The van der Waals surface area contributed by atoms with Gasteiger partial charge in [0.15, 0.2) is 6.61 Å². The number of halogens is 2. The van der Waals surface area contributed by atoms with Crippen molar-refractivity contribution in [3.8, 4) is 5.75 Å². The molecule has 0 radical (unpaired) electrons. The summed E-state index contributed by atoms with van der Waals surface area (Å²) in [5, 5.41) is 0.529. The van der Waals surface area contributed by atoms with Crippen LogP contribution in [0, 0.1) is 0 Å². The summed E-state index contributed by atoms with van der Waals surface area (Å²) in [6.07, 6.45) is -0.150. The molecule has 2 N–H and O–H groups in total. The highest BCUT2D eigenvalue weighted by Crippen LogP contribution is 2.27. The zero-order valence-corrected chi connectivity index (χ0v) is 14.0. The average molecular weight is 394 g/mol. The Morgan fingerprint density at radius 2 is 1.86 bits per heavy atom. The molecule has 0 heterocycles. The number of ether oxygens (including phenoxy) is 2. The SMILES string of the molecule is COC(=O)CCC(=O)NNC(=O)COc1ccc(Cl)cc1Br. The lowest BCUT2D eigenvalue weighted by molar-refractivity contribution is -0.142. The number of amides is 2. The van der Waals surface area contributed by atoms with Crippen LogP contribution in [0.15, 0.2) is 22.7 Å². The molecule has 1 aromatic carbocycles. The molecule has 120 valence electrons. The summed E-state index contributed by atoms with van der Waals surface area (Å²) in [5.74, 6) is -1.12. The van der Waals surface area contributed by atoms with Gasteiger partial charge in [-0.1, -0.05) is 11.6 Å². The molecule has 7 nitrogen and oxygen atoms in total. The second-order valence-electron chi connectivity index (χ2n) is 4.04. The standard InChI is InChI=1S/C13H14BrClN2O5/c1-21-13(20)5-4-11(18)16-17-12(19)7-22-10-3-2-8(15)6-9(10)14/h2-3,6H,4-5,7H2,1H3,(H,16,18)(H,17,19). The highest BCUT2D eigenvalue weighted by Gasteiger charge is 2.09. The van der Waals surface area contributed by atoms with Crippen LogP contribution in [0.2, 0.25) is 5.02 Å². The maximum absolute atomic E-state index is 11.5. The average Bonchev–Trinajstić information content (AvgIpc) is 2.49. The zero-order chi connectivity index (χ0) is 16.5. The van der Waals surface area contributed by atoms with Gasteiger partial charge in [0.25, 0.3) is 5.91 Å². The Hall–Kier alpha value is -1.80. The first kappa shape index (κ1) is 18.2. The van der Waals surface area contributed by atoms with Gasteiger partial charge in [-0.2, -0.15) is 0 Å². The number of carbonyl (C=O) groups is 3. The first-order valence-corrected chi connectivity index (χ1v) is 7.32. The molecule has 0 aliphatic heterocycles. The summed E-state index contributed by atoms with van der Waals surface area (Å²) in [7, 11) is 1.23.